The normalized spacial score (nSPS) is 30.4. The van der Waals surface area contributed by atoms with Gasteiger partial charge >= 0.3 is 0 Å². The van der Waals surface area contributed by atoms with Crippen LogP contribution in [0.1, 0.15) is 45.1 Å². The molecule has 1 aromatic carbocycles. The van der Waals surface area contributed by atoms with Crippen molar-refractivity contribution in [1.82, 2.24) is 0 Å². The van der Waals surface area contributed by atoms with Gasteiger partial charge in [-0.3, -0.25) is 10.1 Å². The van der Waals surface area contributed by atoms with Crippen molar-refractivity contribution < 1.29 is 23.9 Å². The molecule has 1 fully saturated rings. The van der Waals surface area contributed by atoms with Crippen molar-refractivity contribution in [2.24, 2.45) is 17.3 Å². The van der Waals surface area contributed by atoms with E-state index in [4.69, 9.17) is 18.9 Å². The van der Waals surface area contributed by atoms with E-state index in [0.29, 0.717) is 26.1 Å². The van der Waals surface area contributed by atoms with Crippen molar-refractivity contribution in [2.45, 2.75) is 58.3 Å². The highest BCUT2D eigenvalue weighted by molar-refractivity contribution is 5.26. The fourth-order valence-corrected chi connectivity index (χ4v) is 5.29. The third kappa shape index (κ3) is 5.84. The Morgan fingerprint density at radius 2 is 1.97 bits per heavy atom. The molecule has 0 amide bonds. The minimum atomic E-state index is -0.552. The lowest BCUT2D eigenvalue weighted by Gasteiger charge is -2.50. The predicted molar refractivity (Wildman–Crippen MR) is 117 cm³/mol. The Kier molecular flexibility index (Phi) is 8.08. The van der Waals surface area contributed by atoms with E-state index in [-0.39, 0.29) is 35.1 Å². The summed E-state index contributed by atoms with van der Waals surface area (Å²) in [5.41, 5.74) is 2.08. The molecule has 2 aliphatic rings. The predicted octanol–water partition coefficient (Wildman–Crippen LogP) is 4.62. The number of fused-ring (bicyclic) bond motifs is 1. The van der Waals surface area contributed by atoms with Crippen LogP contribution >= 0.6 is 0 Å². The van der Waals surface area contributed by atoms with Crippen LogP contribution in [0.5, 0.6) is 5.75 Å². The highest BCUT2D eigenvalue weighted by Gasteiger charge is 2.52. The molecule has 1 saturated carbocycles. The molecule has 172 valence electrons. The van der Waals surface area contributed by atoms with E-state index in [9.17, 15) is 10.1 Å². The van der Waals surface area contributed by atoms with Crippen LogP contribution in [0, 0.1) is 27.4 Å². The van der Waals surface area contributed by atoms with Gasteiger partial charge in [-0.1, -0.05) is 30.7 Å². The Hall–Kier alpha value is -1.96. The monoisotopic (exact) mass is 433 g/mol. The average molecular weight is 434 g/mol. The third-order valence-electron chi connectivity index (χ3n) is 6.92. The maximum atomic E-state index is 11.8. The lowest BCUT2D eigenvalue weighted by molar-refractivity contribution is -0.536. The van der Waals surface area contributed by atoms with E-state index >= 15 is 0 Å². The minimum Gasteiger partial charge on any atom is -0.497 e. The van der Waals surface area contributed by atoms with Crippen LogP contribution in [-0.2, 0) is 20.8 Å². The number of nitro groups is 1. The topological polar surface area (TPSA) is 80.1 Å². The Labute approximate surface area is 184 Å². The second-order valence-electron chi connectivity index (χ2n) is 9.20. The molecule has 5 atom stereocenters. The number of ether oxygens (including phenoxy) is 4. The molecule has 0 heterocycles. The number of hydrogen-bond acceptors (Lipinski definition) is 6. The quantitative estimate of drug-likeness (QED) is 0.176. The maximum absolute atomic E-state index is 11.8. The van der Waals surface area contributed by atoms with E-state index in [1.807, 2.05) is 31.2 Å². The van der Waals surface area contributed by atoms with Crippen LogP contribution in [0.2, 0.25) is 0 Å². The lowest BCUT2D eigenvalue weighted by atomic mass is 9.56. The first kappa shape index (κ1) is 23.7. The summed E-state index contributed by atoms with van der Waals surface area (Å²) >= 11 is 0. The summed E-state index contributed by atoms with van der Waals surface area (Å²) in [6, 6.07) is 7.30. The van der Waals surface area contributed by atoms with Gasteiger partial charge in [-0.25, -0.2) is 0 Å². The van der Waals surface area contributed by atoms with Gasteiger partial charge in [-0.2, -0.15) is 0 Å². The number of allylic oxidation sites excluding steroid dienone is 1. The molecule has 0 N–H and O–H groups in total. The minimum absolute atomic E-state index is 0.0269. The molecule has 0 saturated heterocycles. The molecule has 3 rings (SSSR count). The zero-order valence-corrected chi connectivity index (χ0v) is 19.0. The zero-order valence-electron chi connectivity index (χ0n) is 19.0. The van der Waals surface area contributed by atoms with E-state index in [0.717, 1.165) is 29.7 Å². The van der Waals surface area contributed by atoms with Gasteiger partial charge in [0.2, 0.25) is 6.04 Å². The summed E-state index contributed by atoms with van der Waals surface area (Å²) in [6.07, 6.45) is 5.13. The van der Waals surface area contributed by atoms with Crippen LogP contribution < -0.4 is 4.74 Å². The largest absolute Gasteiger partial charge is 0.497 e. The summed E-state index contributed by atoms with van der Waals surface area (Å²) in [7, 11) is 3.25. The first-order chi connectivity index (χ1) is 14.9. The van der Waals surface area contributed by atoms with Gasteiger partial charge in [0.15, 0.2) is 0 Å². The van der Waals surface area contributed by atoms with Gasteiger partial charge in [0, 0.05) is 31.0 Å². The average Bonchev–Trinajstić information content (AvgIpc) is 2.75. The van der Waals surface area contributed by atoms with Gasteiger partial charge in [0.05, 0.1) is 19.8 Å². The van der Waals surface area contributed by atoms with Gasteiger partial charge in [0.1, 0.15) is 12.5 Å². The molecular weight excluding hydrogens is 398 g/mol. The van der Waals surface area contributed by atoms with Crippen LogP contribution in [-0.4, -0.2) is 44.7 Å². The summed E-state index contributed by atoms with van der Waals surface area (Å²) < 4.78 is 22.2. The van der Waals surface area contributed by atoms with Crippen molar-refractivity contribution in [1.29, 1.82) is 0 Å². The second kappa shape index (κ2) is 10.6. The molecule has 2 aliphatic carbocycles. The number of hydrogen-bond donors (Lipinski definition) is 0. The van der Waals surface area contributed by atoms with E-state index in [2.05, 4.69) is 13.0 Å². The Balaban J connectivity index is 1.68. The van der Waals surface area contributed by atoms with Crippen molar-refractivity contribution in [2.75, 3.05) is 27.6 Å². The molecule has 0 spiro atoms. The van der Waals surface area contributed by atoms with Crippen molar-refractivity contribution in [3.05, 3.63) is 51.6 Å². The molecule has 0 radical (unpaired) electrons. The van der Waals surface area contributed by atoms with Crippen LogP contribution in [0.25, 0.3) is 0 Å². The Morgan fingerprint density at radius 3 is 2.61 bits per heavy atom. The summed E-state index contributed by atoms with van der Waals surface area (Å²) in [5.74, 6) is 0.955. The molecule has 1 aromatic rings. The van der Waals surface area contributed by atoms with Gasteiger partial charge < -0.3 is 18.9 Å². The highest BCUT2D eigenvalue weighted by Crippen LogP contribution is 2.52. The van der Waals surface area contributed by atoms with Crippen molar-refractivity contribution in [3.8, 4) is 5.75 Å². The first-order valence-electron chi connectivity index (χ1n) is 11.0. The summed E-state index contributed by atoms with van der Waals surface area (Å²) in [4.78, 5) is 11.7. The maximum Gasteiger partial charge on any atom is 0.220 e. The number of methoxy groups -OCH3 is 2. The van der Waals surface area contributed by atoms with E-state index < -0.39 is 6.04 Å². The molecular formula is C24H35NO6. The smallest absolute Gasteiger partial charge is 0.220 e. The molecule has 7 nitrogen and oxygen atoms in total. The number of rotatable bonds is 10. The van der Waals surface area contributed by atoms with Gasteiger partial charge in [-0.15, -0.1) is 0 Å². The fourth-order valence-electron chi connectivity index (χ4n) is 5.29. The zero-order chi connectivity index (χ0) is 22.4. The first-order valence-corrected chi connectivity index (χ1v) is 11.0. The second-order valence-corrected chi connectivity index (χ2v) is 9.20. The molecule has 7 heteroatoms. The molecule has 0 unspecified atom stereocenters. The molecule has 31 heavy (non-hydrogen) atoms. The SMILES string of the molecule is COCO[C@@H]1C[C@H]2[C@H]([N+](=O)[O-])CC(C)=C[C@@H]2[C@](C)(CCOCc2ccc(OC)cc2)C1. The molecule has 0 bridgehead atoms. The summed E-state index contributed by atoms with van der Waals surface area (Å²) in [6.45, 7) is 5.59. The van der Waals surface area contributed by atoms with Gasteiger partial charge in [0.25, 0.3) is 0 Å². The molecule has 0 aliphatic heterocycles. The Bertz CT molecular complexity index is 764. The third-order valence-corrected chi connectivity index (χ3v) is 6.92. The molecule has 0 aromatic heterocycles. The van der Waals surface area contributed by atoms with E-state index in [1.54, 1.807) is 14.2 Å². The fraction of sp³-hybridized carbons (Fsp3) is 0.667. The van der Waals surface area contributed by atoms with Crippen molar-refractivity contribution >= 4 is 0 Å². The van der Waals surface area contributed by atoms with Crippen LogP contribution in [0.3, 0.4) is 0 Å². The van der Waals surface area contributed by atoms with E-state index in [1.165, 1.54) is 0 Å². The van der Waals surface area contributed by atoms with Crippen LogP contribution in [0.4, 0.5) is 0 Å². The number of benzene rings is 1. The lowest BCUT2D eigenvalue weighted by Crippen LogP contribution is -2.50. The van der Waals surface area contributed by atoms with Gasteiger partial charge in [-0.05, 0) is 55.2 Å². The van der Waals surface area contributed by atoms with Crippen LogP contribution in [0.15, 0.2) is 35.9 Å². The Morgan fingerprint density at radius 1 is 1.23 bits per heavy atom. The highest BCUT2D eigenvalue weighted by atomic mass is 16.7. The van der Waals surface area contributed by atoms with Crippen molar-refractivity contribution in [3.63, 3.8) is 0 Å². The summed E-state index contributed by atoms with van der Waals surface area (Å²) in [5, 5.41) is 11.8. The number of nitrogens with zero attached hydrogens (tertiary/aromatic N) is 1. The standard InChI is InChI=1S/C24H35NO6/c1-17-11-22-21(23(12-17)25(26)27)13-20(31-16-28-3)14-24(22,2)9-10-30-15-18-5-7-19(29-4)8-6-18/h5-8,11,20-23H,9-10,12-16H2,1-4H3/t20-,21-,22+,23-,24-/m1/s1.